The van der Waals surface area contributed by atoms with Crippen molar-refractivity contribution in [2.45, 2.75) is 13.3 Å². The summed E-state index contributed by atoms with van der Waals surface area (Å²) in [7, 11) is 0. The minimum absolute atomic E-state index is 0.590. The second-order valence-corrected chi connectivity index (χ2v) is 4.35. The summed E-state index contributed by atoms with van der Waals surface area (Å²) in [6, 6.07) is 8.02. The number of fused-ring (bicyclic) bond motifs is 1. The Hall–Kier alpha value is -2.07. The number of para-hydroxylation sites is 1. The lowest BCUT2D eigenvalue weighted by atomic mass is 10.0. The number of aromatic amines is 1. The van der Waals surface area contributed by atoms with Crippen molar-refractivity contribution >= 4 is 11.0 Å². The molecule has 4 nitrogen and oxygen atoms in total. The Balaban J connectivity index is 2.22. The number of furan rings is 1. The van der Waals surface area contributed by atoms with Crippen LogP contribution in [0.5, 0.6) is 0 Å². The van der Waals surface area contributed by atoms with E-state index in [0.29, 0.717) is 6.54 Å². The molecule has 0 saturated heterocycles. The van der Waals surface area contributed by atoms with Gasteiger partial charge in [0, 0.05) is 28.6 Å². The van der Waals surface area contributed by atoms with Crippen LogP contribution in [0.4, 0.5) is 0 Å². The summed E-state index contributed by atoms with van der Waals surface area (Å²) in [5.41, 5.74) is 10.8. The molecule has 0 atom stereocenters. The Labute approximate surface area is 105 Å². The van der Waals surface area contributed by atoms with Crippen LogP contribution in [0.25, 0.3) is 22.1 Å². The zero-order valence-corrected chi connectivity index (χ0v) is 10.2. The Kier molecular flexibility index (Phi) is 2.64. The molecule has 18 heavy (non-hydrogen) atoms. The van der Waals surface area contributed by atoms with Crippen LogP contribution in [0.3, 0.4) is 0 Å². The lowest BCUT2D eigenvalue weighted by Crippen LogP contribution is -2.04. The summed E-state index contributed by atoms with van der Waals surface area (Å²) < 4.78 is 5.59. The van der Waals surface area contributed by atoms with Gasteiger partial charge in [-0.05, 0) is 19.5 Å². The van der Waals surface area contributed by atoms with Gasteiger partial charge in [0.15, 0.2) is 0 Å². The molecule has 0 fully saturated rings. The van der Waals surface area contributed by atoms with Gasteiger partial charge in [-0.3, -0.25) is 5.10 Å². The van der Waals surface area contributed by atoms with E-state index in [0.717, 1.165) is 39.9 Å². The van der Waals surface area contributed by atoms with Gasteiger partial charge in [0.25, 0.3) is 0 Å². The highest BCUT2D eigenvalue weighted by Crippen LogP contribution is 2.33. The Bertz CT molecular complexity index is 681. The highest BCUT2D eigenvalue weighted by molar-refractivity contribution is 5.95. The zero-order valence-electron chi connectivity index (χ0n) is 10.2. The number of hydrogen-bond acceptors (Lipinski definition) is 3. The molecule has 0 aliphatic rings. The molecule has 2 heterocycles. The Morgan fingerprint density at radius 3 is 3.00 bits per heavy atom. The van der Waals surface area contributed by atoms with Crippen molar-refractivity contribution in [1.29, 1.82) is 0 Å². The fourth-order valence-corrected chi connectivity index (χ4v) is 2.33. The molecule has 0 unspecified atom stereocenters. The minimum Gasteiger partial charge on any atom is -0.464 e. The molecule has 3 aromatic rings. The molecule has 0 spiro atoms. The van der Waals surface area contributed by atoms with E-state index in [2.05, 4.69) is 16.3 Å². The highest BCUT2D eigenvalue weighted by Gasteiger charge is 2.16. The Morgan fingerprint density at radius 2 is 2.17 bits per heavy atom. The zero-order chi connectivity index (χ0) is 12.5. The normalized spacial score (nSPS) is 11.2. The fourth-order valence-electron chi connectivity index (χ4n) is 2.33. The van der Waals surface area contributed by atoms with Crippen molar-refractivity contribution in [3.63, 3.8) is 0 Å². The van der Waals surface area contributed by atoms with E-state index in [1.54, 1.807) is 6.26 Å². The van der Waals surface area contributed by atoms with Crippen molar-refractivity contribution < 1.29 is 4.42 Å². The third-order valence-electron chi connectivity index (χ3n) is 3.15. The van der Waals surface area contributed by atoms with Crippen molar-refractivity contribution in [2.24, 2.45) is 5.73 Å². The maximum absolute atomic E-state index is 5.63. The number of benzene rings is 1. The SMILES string of the molecule is Cc1[nH]nc(CCN)c1-c1coc2ccccc12. The van der Waals surface area contributed by atoms with Gasteiger partial charge in [-0.25, -0.2) is 0 Å². The van der Waals surface area contributed by atoms with Gasteiger partial charge in [0.1, 0.15) is 5.58 Å². The molecule has 4 heteroatoms. The quantitative estimate of drug-likeness (QED) is 0.740. The van der Waals surface area contributed by atoms with Gasteiger partial charge < -0.3 is 10.2 Å². The first-order valence-corrected chi connectivity index (χ1v) is 6.01. The lowest BCUT2D eigenvalue weighted by Gasteiger charge is -2.00. The molecule has 1 aromatic carbocycles. The third-order valence-corrected chi connectivity index (χ3v) is 3.15. The van der Waals surface area contributed by atoms with Crippen LogP contribution in [0.2, 0.25) is 0 Å². The van der Waals surface area contributed by atoms with Gasteiger partial charge in [-0.15, -0.1) is 0 Å². The number of hydrogen-bond donors (Lipinski definition) is 2. The lowest BCUT2D eigenvalue weighted by molar-refractivity contribution is 0.617. The standard InChI is InChI=1S/C14H15N3O/c1-9-14(12(6-7-15)17-16-9)11-8-18-13-5-3-2-4-10(11)13/h2-5,8H,6-7,15H2,1H3,(H,16,17). The summed E-state index contributed by atoms with van der Waals surface area (Å²) in [6.45, 7) is 2.61. The number of nitrogens with two attached hydrogens (primary N) is 1. The third kappa shape index (κ3) is 1.62. The summed E-state index contributed by atoms with van der Waals surface area (Å²) >= 11 is 0. The molecular weight excluding hydrogens is 226 g/mol. The number of nitrogens with zero attached hydrogens (tertiary/aromatic N) is 1. The topological polar surface area (TPSA) is 67.8 Å². The molecule has 0 bridgehead atoms. The number of aromatic nitrogens is 2. The maximum Gasteiger partial charge on any atom is 0.134 e. The van der Waals surface area contributed by atoms with Crippen molar-refractivity contribution in [3.8, 4) is 11.1 Å². The second-order valence-electron chi connectivity index (χ2n) is 4.35. The summed E-state index contributed by atoms with van der Waals surface area (Å²) in [6.07, 6.45) is 2.56. The molecule has 0 radical (unpaired) electrons. The molecule has 0 aliphatic heterocycles. The molecule has 0 saturated carbocycles. The molecule has 2 aromatic heterocycles. The van der Waals surface area contributed by atoms with E-state index in [9.17, 15) is 0 Å². The molecular formula is C14H15N3O. The van der Waals surface area contributed by atoms with Gasteiger partial charge in [0.2, 0.25) is 0 Å². The predicted molar refractivity (Wildman–Crippen MR) is 71.3 cm³/mol. The van der Waals surface area contributed by atoms with E-state index in [4.69, 9.17) is 10.2 Å². The largest absolute Gasteiger partial charge is 0.464 e. The second kappa shape index (κ2) is 4.31. The van der Waals surface area contributed by atoms with Gasteiger partial charge in [0.05, 0.1) is 12.0 Å². The molecule has 0 aliphatic carbocycles. The van der Waals surface area contributed by atoms with Gasteiger partial charge in [-0.1, -0.05) is 18.2 Å². The highest BCUT2D eigenvalue weighted by atomic mass is 16.3. The van der Waals surface area contributed by atoms with Crippen molar-refractivity contribution in [2.75, 3.05) is 6.54 Å². The first-order chi connectivity index (χ1) is 8.81. The number of nitrogens with one attached hydrogen (secondary N) is 1. The summed E-state index contributed by atoms with van der Waals surface area (Å²) in [4.78, 5) is 0. The van der Waals surface area contributed by atoms with Crippen LogP contribution in [-0.4, -0.2) is 16.7 Å². The number of rotatable bonds is 3. The van der Waals surface area contributed by atoms with E-state index in [1.807, 2.05) is 25.1 Å². The van der Waals surface area contributed by atoms with Crippen LogP contribution in [0.15, 0.2) is 34.9 Å². The Morgan fingerprint density at radius 1 is 1.33 bits per heavy atom. The van der Waals surface area contributed by atoms with E-state index in [1.165, 1.54) is 0 Å². The summed E-state index contributed by atoms with van der Waals surface area (Å²) in [5.74, 6) is 0. The summed E-state index contributed by atoms with van der Waals surface area (Å²) in [5, 5.41) is 8.46. The molecule has 92 valence electrons. The van der Waals surface area contributed by atoms with Crippen molar-refractivity contribution in [3.05, 3.63) is 41.9 Å². The van der Waals surface area contributed by atoms with Gasteiger partial charge >= 0.3 is 0 Å². The van der Waals surface area contributed by atoms with E-state index in [-0.39, 0.29) is 0 Å². The van der Waals surface area contributed by atoms with Crippen LogP contribution in [0, 0.1) is 6.92 Å². The van der Waals surface area contributed by atoms with Gasteiger partial charge in [-0.2, -0.15) is 5.10 Å². The van der Waals surface area contributed by atoms with Crippen LogP contribution < -0.4 is 5.73 Å². The average molecular weight is 241 g/mol. The smallest absolute Gasteiger partial charge is 0.134 e. The number of H-pyrrole nitrogens is 1. The fraction of sp³-hybridized carbons (Fsp3) is 0.214. The van der Waals surface area contributed by atoms with Crippen molar-refractivity contribution in [1.82, 2.24) is 10.2 Å². The number of aryl methyl sites for hydroxylation is 1. The monoisotopic (exact) mass is 241 g/mol. The van der Waals surface area contributed by atoms with E-state index < -0.39 is 0 Å². The molecule has 3 N–H and O–H groups in total. The first-order valence-electron chi connectivity index (χ1n) is 6.01. The predicted octanol–water partition coefficient (Wildman–Crippen LogP) is 2.63. The maximum atomic E-state index is 5.63. The van der Waals surface area contributed by atoms with Crippen LogP contribution >= 0.6 is 0 Å². The molecule has 3 rings (SSSR count). The van der Waals surface area contributed by atoms with E-state index >= 15 is 0 Å². The molecule has 0 amide bonds. The minimum atomic E-state index is 0.590. The first kappa shape index (κ1) is 11.0. The average Bonchev–Trinajstić information content (AvgIpc) is 2.94. The van der Waals surface area contributed by atoms with Crippen LogP contribution in [-0.2, 0) is 6.42 Å². The van der Waals surface area contributed by atoms with Crippen LogP contribution in [0.1, 0.15) is 11.4 Å².